The maximum absolute atomic E-state index is 12.4. The van der Waals surface area contributed by atoms with Crippen LogP contribution in [0.3, 0.4) is 0 Å². The maximum atomic E-state index is 12.4. The van der Waals surface area contributed by atoms with Gasteiger partial charge >= 0.3 is 0 Å². The zero-order valence-corrected chi connectivity index (χ0v) is 15.4. The molecule has 0 radical (unpaired) electrons. The third-order valence-corrected chi connectivity index (χ3v) is 4.93. The lowest BCUT2D eigenvalue weighted by molar-refractivity contribution is -0.132. The minimum Gasteiger partial charge on any atom is -0.493 e. The zero-order chi connectivity index (χ0) is 17.5. The molecule has 1 aromatic rings. The summed E-state index contributed by atoms with van der Waals surface area (Å²) in [5, 5.41) is 0. The van der Waals surface area contributed by atoms with Crippen molar-refractivity contribution in [2.75, 3.05) is 41.4 Å². The number of piperidine rings is 1. The van der Waals surface area contributed by atoms with Crippen LogP contribution < -0.4 is 9.47 Å². The number of rotatable bonds is 7. The number of carbonyl (C=O) groups excluding carboxylic acids is 1. The Balaban J connectivity index is 1.80. The van der Waals surface area contributed by atoms with Crippen molar-refractivity contribution in [3.63, 3.8) is 0 Å². The van der Waals surface area contributed by atoms with Crippen LogP contribution in [0.4, 0.5) is 0 Å². The van der Waals surface area contributed by atoms with E-state index in [1.54, 1.807) is 14.2 Å². The van der Waals surface area contributed by atoms with Gasteiger partial charge < -0.3 is 19.3 Å². The van der Waals surface area contributed by atoms with E-state index in [9.17, 15) is 4.79 Å². The fraction of sp³-hybridized carbons (Fsp3) is 0.632. The Kier molecular flexibility index (Phi) is 6.91. The van der Waals surface area contributed by atoms with Gasteiger partial charge in [-0.3, -0.25) is 4.79 Å². The molecule has 2 rings (SSSR count). The van der Waals surface area contributed by atoms with Crippen LogP contribution >= 0.6 is 0 Å². The summed E-state index contributed by atoms with van der Waals surface area (Å²) in [5.41, 5.74) is 1.17. The number of likely N-dealkylation sites (tertiary alicyclic amines) is 1. The zero-order valence-electron chi connectivity index (χ0n) is 15.4. The molecule has 0 spiro atoms. The van der Waals surface area contributed by atoms with E-state index in [0.717, 1.165) is 50.3 Å². The van der Waals surface area contributed by atoms with Crippen LogP contribution in [0.1, 0.15) is 31.2 Å². The summed E-state index contributed by atoms with van der Waals surface area (Å²) in [7, 11) is 7.37. The molecule has 1 amide bonds. The van der Waals surface area contributed by atoms with Crippen molar-refractivity contribution >= 4 is 5.91 Å². The molecule has 134 valence electrons. The van der Waals surface area contributed by atoms with E-state index in [-0.39, 0.29) is 5.91 Å². The minimum atomic E-state index is 0.255. The molecule has 5 heteroatoms. The van der Waals surface area contributed by atoms with E-state index in [0.29, 0.717) is 12.5 Å². The predicted octanol–water partition coefficient (Wildman–Crippen LogP) is 2.58. The molecule has 0 N–H and O–H groups in total. The van der Waals surface area contributed by atoms with Crippen molar-refractivity contribution < 1.29 is 14.3 Å². The van der Waals surface area contributed by atoms with Gasteiger partial charge in [0.15, 0.2) is 11.5 Å². The number of amides is 1. The van der Waals surface area contributed by atoms with Gasteiger partial charge in [-0.2, -0.15) is 0 Å². The van der Waals surface area contributed by atoms with E-state index < -0.39 is 0 Å². The van der Waals surface area contributed by atoms with Crippen molar-refractivity contribution in [3.8, 4) is 11.5 Å². The number of benzene rings is 1. The second kappa shape index (κ2) is 8.92. The molecule has 0 saturated carbocycles. The third-order valence-electron chi connectivity index (χ3n) is 4.93. The second-order valence-electron chi connectivity index (χ2n) is 6.58. The summed E-state index contributed by atoms with van der Waals surface area (Å²) in [6, 6.07) is 6.34. The lowest BCUT2D eigenvalue weighted by atomic mass is 10.0. The Morgan fingerprint density at radius 3 is 2.50 bits per heavy atom. The molecule has 0 unspecified atom stereocenters. The van der Waals surface area contributed by atoms with Crippen molar-refractivity contribution in [3.05, 3.63) is 23.8 Å². The van der Waals surface area contributed by atoms with Crippen molar-refractivity contribution in [2.45, 2.75) is 38.1 Å². The average Bonchev–Trinajstić information content (AvgIpc) is 2.61. The molecule has 0 aliphatic carbocycles. The van der Waals surface area contributed by atoms with Crippen molar-refractivity contribution in [2.24, 2.45) is 0 Å². The molecule has 1 aliphatic heterocycles. The largest absolute Gasteiger partial charge is 0.493 e. The molecule has 1 aromatic carbocycles. The highest BCUT2D eigenvalue weighted by molar-refractivity contribution is 5.76. The van der Waals surface area contributed by atoms with Gasteiger partial charge in [-0.15, -0.1) is 0 Å². The molecule has 1 heterocycles. The first kappa shape index (κ1) is 18.6. The quantitative estimate of drug-likeness (QED) is 0.769. The van der Waals surface area contributed by atoms with Crippen LogP contribution in [0, 0.1) is 0 Å². The Labute approximate surface area is 145 Å². The molecule has 0 aromatic heterocycles. The van der Waals surface area contributed by atoms with Gasteiger partial charge in [0.05, 0.1) is 14.2 Å². The molecule has 5 nitrogen and oxygen atoms in total. The van der Waals surface area contributed by atoms with E-state index in [2.05, 4.69) is 11.9 Å². The monoisotopic (exact) mass is 334 g/mol. The summed E-state index contributed by atoms with van der Waals surface area (Å²) in [6.45, 7) is 2.15. The average molecular weight is 334 g/mol. The second-order valence-corrected chi connectivity index (χ2v) is 6.58. The lowest BCUT2D eigenvalue weighted by Crippen LogP contribution is -2.44. The predicted molar refractivity (Wildman–Crippen MR) is 95.8 cm³/mol. The summed E-state index contributed by atoms with van der Waals surface area (Å²) in [5.74, 6) is 1.73. The van der Waals surface area contributed by atoms with Crippen LogP contribution in [0.2, 0.25) is 0 Å². The maximum Gasteiger partial charge on any atom is 0.222 e. The van der Waals surface area contributed by atoms with Crippen molar-refractivity contribution in [1.82, 2.24) is 9.80 Å². The number of ether oxygens (including phenoxy) is 2. The highest BCUT2D eigenvalue weighted by Crippen LogP contribution is 2.28. The molecular weight excluding hydrogens is 304 g/mol. The molecular formula is C19H30N2O3. The first-order chi connectivity index (χ1) is 11.5. The first-order valence-electron chi connectivity index (χ1n) is 8.70. The van der Waals surface area contributed by atoms with Gasteiger partial charge in [0.2, 0.25) is 5.91 Å². The molecule has 1 saturated heterocycles. The van der Waals surface area contributed by atoms with Crippen LogP contribution in [0.15, 0.2) is 18.2 Å². The van der Waals surface area contributed by atoms with Crippen LogP contribution in [0.5, 0.6) is 11.5 Å². The van der Waals surface area contributed by atoms with E-state index >= 15 is 0 Å². The molecule has 1 fully saturated rings. The van der Waals surface area contributed by atoms with E-state index in [1.165, 1.54) is 5.56 Å². The van der Waals surface area contributed by atoms with Crippen molar-refractivity contribution in [1.29, 1.82) is 0 Å². The number of methoxy groups -OCH3 is 2. The van der Waals surface area contributed by atoms with E-state index in [4.69, 9.17) is 9.47 Å². The third kappa shape index (κ3) is 4.87. The molecule has 0 atom stereocenters. The Hall–Kier alpha value is -1.75. The fourth-order valence-electron chi connectivity index (χ4n) is 3.24. The normalized spacial score (nSPS) is 16.0. The lowest BCUT2D eigenvalue weighted by Gasteiger charge is -2.35. The number of hydrogen-bond donors (Lipinski definition) is 0. The van der Waals surface area contributed by atoms with E-state index in [1.807, 2.05) is 30.1 Å². The van der Waals surface area contributed by atoms with Gasteiger partial charge in [0, 0.05) is 19.5 Å². The Bertz CT molecular complexity index is 539. The number of hydrogen-bond acceptors (Lipinski definition) is 4. The SMILES string of the molecule is COc1ccc(CCCC(=O)N(C)C2CCN(C)CC2)cc1OC. The molecule has 24 heavy (non-hydrogen) atoms. The number of nitrogens with zero attached hydrogens (tertiary/aromatic N) is 2. The van der Waals surface area contributed by atoms with Gasteiger partial charge in [-0.25, -0.2) is 0 Å². The highest BCUT2D eigenvalue weighted by Gasteiger charge is 2.23. The summed E-state index contributed by atoms with van der Waals surface area (Å²) in [6.07, 6.45) is 4.47. The first-order valence-corrected chi connectivity index (χ1v) is 8.70. The Morgan fingerprint density at radius 1 is 1.21 bits per heavy atom. The number of carbonyl (C=O) groups is 1. The van der Waals surface area contributed by atoms with Gasteiger partial charge in [0.25, 0.3) is 0 Å². The summed E-state index contributed by atoms with van der Waals surface area (Å²) in [4.78, 5) is 16.7. The standard InChI is InChI=1S/C19H30N2O3/c1-20-12-10-16(11-13-20)21(2)19(22)7-5-6-15-8-9-17(23-3)18(14-15)24-4/h8-9,14,16H,5-7,10-13H2,1-4H3. The van der Waals surface area contributed by atoms with Gasteiger partial charge in [-0.05, 0) is 63.5 Å². The fourth-order valence-corrected chi connectivity index (χ4v) is 3.24. The highest BCUT2D eigenvalue weighted by atomic mass is 16.5. The van der Waals surface area contributed by atoms with Crippen LogP contribution in [-0.4, -0.2) is 63.2 Å². The summed E-state index contributed by atoms with van der Waals surface area (Å²) >= 11 is 0. The van der Waals surface area contributed by atoms with Gasteiger partial charge in [0.1, 0.15) is 0 Å². The van der Waals surface area contributed by atoms with Crippen LogP contribution in [-0.2, 0) is 11.2 Å². The minimum absolute atomic E-state index is 0.255. The number of aryl methyl sites for hydroxylation is 1. The summed E-state index contributed by atoms with van der Waals surface area (Å²) < 4.78 is 10.6. The molecule has 0 bridgehead atoms. The molecule has 1 aliphatic rings. The smallest absolute Gasteiger partial charge is 0.222 e. The Morgan fingerprint density at radius 2 is 1.88 bits per heavy atom. The topological polar surface area (TPSA) is 42.0 Å². The van der Waals surface area contributed by atoms with Crippen LogP contribution in [0.25, 0.3) is 0 Å². The van der Waals surface area contributed by atoms with Gasteiger partial charge in [-0.1, -0.05) is 6.07 Å².